The zero-order chi connectivity index (χ0) is 32.6. The Bertz CT molecular complexity index is 874. The molecular formula is C24H47N11O8. The van der Waals surface area contributed by atoms with Crippen LogP contribution in [-0.4, -0.2) is 157 Å². The lowest BCUT2D eigenvalue weighted by atomic mass is 10.3. The summed E-state index contributed by atoms with van der Waals surface area (Å²) in [6, 6.07) is 0. The van der Waals surface area contributed by atoms with Crippen molar-refractivity contribution in [3.05, 3.63) is 0 Å². The Morgan fingerprint density at radius 2 is 0.837 bits per heavy atom. The highest BCUT2D eigenvalue weighted by molar-refractivity contribution is 5.79. The van der Waals surface area contributed by atoms with Gasteiger partial charge in [-0.25, -0.2) is 0 Å². The van der Waals surface area contributed by atoms with E-state index in [1.165, 1.54) is 14.7 Å². The van der Waals surface area contributed by atoms with Gasteiger partial charge in [-0.2, -0.15) is 0 Å². The summed E-state index contributed by atoms with van der Waals surface area (Å²) in [5.74, 6) is -4.31. The van der Waals surface area contributed by atoms with E-state index in [0.717, 1.165) is 0 Å². The molecule has 0 heterocycles. The number of carbonyl (C=O) groups is 5. The Hall–Kier alpha value is -4.23. The van der Waals surface area contributed by atoms with Crippen LogP contribution in [0.3, 0.4) is 0 Å². The lowest BCUT2D eigenvalue weighted by molar-refractivity contribution is -0.141. The molecule has 0 saturated heterocycles. The number of nitrogens with zero attached hydrogens (tertiary/aromatic N) is 5. The van der Waals surface area contributed by atoms with Gasteiger partial charge in [0.2, 0.25) is 11.8 Å². The minimum absolute atomic E-state index is 0.0196. The topological polar surface area (TPSA) is 309 Å². The molecule has 2 amide bonds. The fourth-order valence-electron chi connectivity index (χ4n) is 3.70. The maximum atomic E-state index is 12.3. The molecule has 13 N–H and O–H groups in total. The van der Waals surface area contributed by atoms with Gasteiger partial charge >= 0.3 is 17.9 Å². The van der Waals surface area contributed by atoms with Crippen molar-refractivity contribution < 1.29 is 39.3 Å². The summed E-state index contributed by atoms with van der Waals surface area (Å²) in [7, 11) is 0. The maximum Gasteiger partial charge on any atom is 0.317 e. The Morgan fingerprint density at radius 3 is 1.16 bits per heavy atom. The molecule has 0 radical (unpaired) electrons. The summed E-state index contributed by atoms with van der Waals surface area (Å²) < 4.78 is 0. The molecule has 43 heavy (non-hydrogen) atoms. The molecular weight excluding hydrogens is 570 g/mol. The smallest absolute Gasteiger partial charge is 0.317 e. The van der Waals surface area contributed by atoms with E-state index in [0.29, 0.717) is 51.9 Å². The number of aliphatic carboxylic acids is 3. The van der Waals surface area contributed by atoms with Gasteiger partial charge in [-0.3, -0.25) is 48.7 Å². The molecule has 19 heteroatoms. The predicted octanol–water partition coefficient (Wildman–Crippen LogP) is -4.51. The summed E-state index contributed by atoms with van der Waals surface area (Å²) in [5.41, 5.74) is 21.0. The molecule has 0 spiro atoms. The Balaban J connectivity index is 4.93. The number of nitrogens with one attached hydrogen (secondary N) is 2. The van der Waals surface area contributed by atoms with E-state index < -0.39 is 49.4 Å². The molecule has 0 aromatic rings. The third-order valence-electron chi connectivity index (χ3n) is 5.68. The van der Waals surface area contributed by atoms with Crippen molar-refractivity contribution >= 4 is 41.6 Å². The molecule has 0 aliphatic carbocycles. The van der Waals surface area contributed by atoms with E-state index in [1.54, 1.807) is 0 Å². The SMILES string of the molecule is NC(N)=NCCCCNC(=O)CN(CCN(CCN(CC(=O)O)CC(=O)NCCCCN=C(N)N)CC(=O)O)CC(=O)O. The van der Waals surface area contributed by atoms with Crippen molar-refractivity contribution in [2.24, 2.45) is 32.9 Å². The minimum Gasteiger partial charge on any atom is -0.480 e. The van der Waals surface area contributed by atoms with Crippen molar-refractivity contribution in [3.8, 4) is 0 Å². The zero-order valence-corrected chi connectivity index (χ0v) is 24.4. The monoisotopic (exact) mass is 617 g/mol. The van der Waals surface area contributed by atoms with E-state index in [1.807, 2.05) is 0 Å². The van der Waals surface area contributed by atoms with Crippen LogP contribution in [0.1, 0.15) is 25.7 Å². The fourth-order valence-corrected chi connectivity index (χ4v) is 3.70. The number of rotatable bonds is 26. The van der Waals surface area contributed by atoms with Crippen LogP contribution in [0.25, 0.3) is 0 Å². The molecule has 0 rings (SSSR count). The largest absolute Gasteiger partial charge is 0.480 e. The Kier molecular flexibility index (Phi) is 21.0. The minimum atomic E-state index is -1.16. The van der Waals surface area contributed by atoms with Crippen LogP contribution >= 0.6 is 0 Å². The fraction of sp³-hybridized carbons (Fsp3) is 0.708. The van der Waals surface area contributed by atoms with Gasteiger partial charge in [-0.05, 0) is 25.7 Å². The molecule has 0 aliphatic rings. The molecule has 19 nitrogen and oxygen atoms in total. The number of carboxylic acid groups (broad SMARTS) is 3. The number of unbranched alkanes of at least 4 members (excludes halogenated alkanes) is 2. The molecule has 0 aromatic heterocycles. The van der Waals surface area contributed by atoms with Gasteiger partial charge in [-0.15, -0.1) is 0 Å². The van der Waals surface area contributed by atoms with E-state index in [2.05, 4.69) is 20.6 Å². The van der Waals surface area contributed by atoms with Gasteiger partial charge in [0.1, 0.15) is 0 Å². The standard InChI is InChI=1S/C24H47N11O8/c25-23(26)31-7-3-1-5-29-18(36)13-34(16-21(40)41)11-9-33(15-20(38)39)10-12-35(17-22(42)43)14-19(37)30-6-2-4-8-32-24(27)28/h1-17H2,(H,29,36)(H,30,37)(H,38,39)(H,40,41)(H,42,43)(H4,25,26,31)(H4,27,28,32). The number of nitrogens with two attached hydrogens (primary N) is 4. The first-order valence-corrected chi connectivity index (χ1v) is 13.7. The summed E-state index contributed by atoms with van der Waals surface area (Å²) in [6.07, 6.45) is 2.50. The Morgan fingerprint density at radius 1 is 0.512 bits per heavy atom. The van der Waals surface area contributed by atoms with Gasteiger partial charge in [0, 0.05) is 52.4 Å². The van der Waals surface area contributed by atoms with Gasteiger partial charge in [0.15, 0.2) is 11.9 Å². The lowest BCUT2D eigenvalue weighted by Gasteiger charge is -2.28. The van der Waals surface area contributed by atoms with Gasteiger partial charge in [0.05, 0.1) is 32.7 Å². The molecule has 0 aliphatic heterocycles. The van der Waals surface area contributed by atoms with Crippen LogP contribution in [0.15, 0.2) is 9.98 Å². The van der Waals surface area contributed by atoms with Crippen molar-refractivity contribution in [1.29, 1.82) is 0 Å². The summed E-state index contributed by atoms with van der Waals surface area (Å²) in [6.45, 7) is 0.0226. The predicted molar refractivity (Wildman–Crippen MR) is 158 cm³/mol. The average Bonchev–Trinajstić information content (AvgIpc) is 2.88. The highest BCUT2D eigenvalue weighted by Gasteiger charge is 2.19. The van der Waals surface area contributed by atoms with Crippen molar-refractivity contribution in [2.75, 3.05) is 85.1 Å². The second kappa shape index (κ2) is 23.3. The number of carboxylic acids is 3. The first kappa shape index (κ1) is 38.8. The van der Waals surface area contributed by atoms with E-state index in [4.69, 9.17) is 22.9 Å². The van der Waals surface area contributed by atoms with Crippen LogP contribution in [0.5, 0.6) is 0 Å². The van der Waals surface area contributed by atoms with Crippen LogP contribution in [0, 0.1) is 0 Å². The zero-order valence-electron chi connectivity index (χ0n) is 24.4. The first-order valence-electron chi connectivity index (χ1n) is 13.7. The van der Waals surface area contributed by atoms with Gasteiger partial charge < -0.3 is 48.9 Å². The average molecular weight is 618 g/mol. The van der Waals surface area contributed by atoms with Crippen molar-refractivity contribution in [3.63, 3.8) is 0 Å². The molecule has 0 bridgehead atoms. The second-order valence-corrected chi connectivity index (χ2v) is 9.61. The quantitative estimate of drug-likeness (QED) is 0.0251. The molecule has 0 unspecified atom stereocenters. The summed E-state index contributed by atoms with van der Waals surface area (Å²) in [4.78, 5) is 70.7. The molecule has 0 atom stereocenters. The van der Waals surface area contributed by atoms with Gasteiger partial charge in [-0.1, -0.05) is 0 Å². The maximum absolute atomic E-state index is 12.3. The van der Waals surface area contributed by atoms with E-state index in [9.17, 15) is 39.3 Å². The molecule has 246 valence electrons. The normalized spacial score (nSPS) is 10.9. The number of guanidine groups is 2. The summed E-state index contributed by atoms with van der Waals surface area (Å²) >= 11 is 0. The number of amides is 2. The number of hydrogen-bond donors (Lipinski definition) is 9. The first-order chi connectivity index (χ1) is 20.3. The van der Waals surface area contributed by atoms with E-state index in [-0.39, 0.29) is 51.2 Å². The molecule has 0 saturated carbocycles. The second-order valence-electron chi connectivity index (χ2n) is 9.61. The molecule has 0 aromatic carbocycles. The Labute approximate surface area is 250 Å². The van der Waals surface area contributed by atoms with Crippen molar-refractivity contribution in [2.45, 2.75) is 25.7 Å². The van der Waals surface area contributed by atoms with Gasteiger partial charge in [0.25, 0.3) is 0 Å². The lowest BCUT2D eigenvalue weighted by Crippen LogP contribution is -2.47. The third-order valence-corrected chi connectivity index (χ3v) is 5.68. The van der Waals surface area contributed by atoms with Crippen LogP contribution in [0.2, 0.25) is 0 Å². The van der Waals surface area contributed by atoms with Crippen LogP contribution in [0.4, 0.5) is 0 Å². The number of carbonyl (C=O) groups excluding carboxylic acids is 2. The number of aliphatic imine (C=N–C) groups is 2. The number of hydrogen-bond acceptors (Lipinski definition) is 10. The van der Waals surface area contributed by atoms with Crippen LogP contribution < -0.4 is 33.6 Å². The van der Waals surface area contributed by atoms with Crippen LogP contribution in [-0.2, 0) is 24.0 Å². The highest BCUT2D eigenvalue weighted by atomic mass is 16.4. The highest BCUT2D eigenvalue weighted by Crippen LogP contribution is 1.98. The van der Waals surface area contributed by atoms with E-state index >= 15 is 0 Å². The molecule has 0 fully saturated rings. The third kappa shape index (κ3) is 25.2. The van der Waals surface area contributed by atoms with Crippen molar-refractivity contribution in [1.82, 2.24) is 25.3 Å². The summed E-state index contributed by atoms with van der Waals surface area (Å²) in [5, 5.41) is 33.3.